The molecule has 2 amide bonds. The highest BCUT2D eigenvalue weighted by Gasteiger charge is 2.47. The van der Waals surface area contributed by atoms with E-state index in [2.05, 4.69) is 23.6 Å². The largest absolute Gasteiger partial charge is 0.491 e. The molecule has 0 radical (unpaired) electrons. The van der Waals surface area contributed by atoms with Gasteiger partial charge >= 0.3 is 0 Å². The fraction of sp³-hybridized carbons (Fsp3) is 0.500. The van der Waals surface area contributed by atoms with Crippen molar-refractivity contribution in [3.8, 4) is 11.5 Å². The van der Waals surface area contributed by atoms with Crippen molar-refractivity contribution in [3.05, 3.63) is 59.8 Å². The Bertz CT molecular complexity index is 1370. The molecule has 0 bridgehead atoms. The number of morpholine rings is 1. The summed E-state index contributed by atoms with van der Waals surface area (Å²) in [6.45, 7) is 7.84. The van der Waals surface area contributed by atoms with Gasteiger partial charge < -0.3 is 28.6 Å². The second-order valence-electron chi connectivity index (χ2n) is 11.3. The van der Waals surface area contributed by atoms with Crippen LogP contribution >= 0.6 is 0 Å². The Labute approximate surface area is 236 Å². The molecule has 0 aliphatic carbocycles. The average molecular weight is 548 g/mol. The minimum Gasteiger partial charge on any atom is -0.491 e. The first-order valence-electron chi connectivity index (χ1n) is 14.4. The Balaban J connectivity index is 1.30. The fourth-order valence-corrected chi connectivity index (χ4v) is 5.86. The van der Waals surface area contributed by atoms with Crippen LogP contribution in [0.2, 0.25) is 0 Å². The molecule has 0 saturated carbocycles. The highest BCUT2D eigenvalue weighted by atomic mass is 16.5. The molecule has 8 nitrogen and oxygen atoms in total. The van der Waals surface area contributed by atoms with E-state index in [1.807, 2.05) is 62.2 Å². The summed E-state index contributed by atoms with van der Waals surface area (Å²) in [5.41, 5.74) is 2.39. The van der Waals surface area contributed by atoms with Gasteiger partial charge in [0.25, 0.3) is 11.8 Å². The zero-order valence-electron chi connectivity index (χ0n) is 24.2. The highest BCUT2D eigenvalue weighted by molar-refractivity contribution is 5.88. The third-order valence-electron chi connectivity index (χ3n) is 8.27. The van der Waals surface area contributed by atoms with Gasteiger partial charge in [0.05, 0.1) is 19.7 Å². The summed E-state index contributed by atoms with van der Waals surface area (Å²) < 4.78 is 20.5. The lowest BCUT2D eigenvalue weighted by atomic mass is 9.90. The zero-order valence-corrected chi connectivity index (χ0v) is 24.2. The molecule has 1 saturated heterocycles. The molecule has 214 valence electrons. The number of ether oxygens (including phenoxy) is 3. The van der Waals surface area contributed by atoms with Crippen LogP contribution in [0.3, 0.4) is 0 Å². The van der Waals surface area contributed by atoms with Gasteiger partial charge in [0.15, 0.2) is 12.2 Å². The molecule has 8 heteroatoms. The summed E-state index contributed by atoms with van der Waals surface area (Å²) in [4.78, 5) is 31.0. The van der Waals surface area contributed by atoms with Gasteiger partial charge in [-0.05, 0) is 82.3 Å². The van der Waals surface area contributed by atoms with Crippen LogP contribution in [0.25, 0.3) is 10.9 Å². The molecule has 2 aliphatic rings. The highest BCUT2D eigenvalue weighted by Crippen LogP contribution is 2.30. The van der Waals surface area contributed by atoms with E-state index in [-0.39, 0.29) is 31.0 Å². The minimum absolute atomic E-state index is 0.0271. The smallest absolute Gasteiger partial charge is 0.260 e. The topological polar surface area (TPSA) is 73.2 Å². The van der Waals surface area contributed by atoms with E-state index < -0.39 is 5.60 Å². The molecule has 2 aliphatic heterocycles. The second kappa shape index (κ2) is 11.9. The molecule has 1 unspecified atom stereocenters. The molecule has 3 heterocycles. The van der Waals surface area contributed by atoms with Crippen molar-refractivity contribution < 1.29 is 23.8 Å². The van der Waals surface area contributed by atoms with Crippen LogP contribution in [-0.2, 0) is 27.8 Å². The third kappa shape index (κ3) is 5.82. The van der Waals surface area contributed by atoms with Crippen molar-refractivity contribution in [3.63, 3.8) is 0 Å². The standard InChI is InChI=1S/C32H41N3O5/c1-23(2)35-16-17-38-29-11-6-5-9-25(29)10-7-8-14-32(31(35)37)22-34(15-18-40-32)30(36)21-39-27-12-13-28-26(20-27)19-24(3)33(28)4/h5-6,9,11-13,19-20,23H,7-8,10,14-18,21-22H2,1-4H3. The summed E-state index contributed by atoms with van der Waals surface area (Å²) in [5, 5.41) is 1.08. The van der Waals surface area contributed by atoms with Crippen LogP contribution in [0.4, 0.5) is 0 Å². The number of nitrogens with zero attached hydrogens (tertiary/aromatic N) is 3. The zero-order chi connectivity index (χ0) is 28.3. The molecule has 5 rings (SSSR count). The first-order chi connectivity index (χ1) is 19.3. The maximum Gasteiger partial charge on any atom is 0.260 e. The van der Waals surface area contributed by atoms with Gasteiger partial charge in [0.1, 0.15) is 18.1 Å². The number of aromatic nitrogens is 1. The normalized spacial score (nSPS) is 20.7. The Morgan fingerprint density at radius 2 is 1.90 bits per heavy atom. The quantitative estimate of drug-likeness (QED) is 0.481. The molecular weight excluding hydrogens is 506 g/mol. The monoisotopic (exact) mass is 547 g/mol. The maximum absolute atomic E-state index is 14.1. The van der Waals surface area contributed by atoms with E-state index in [1.54, 1.807) is 4.90 Å². The number of rotatable bonds is 4. The van der Waals surface area contributed by atoms with Crippen LogP contribution in [0, 0.1) is 6.92 Å². The van der Waals surface area contributed by atoms with E-state index in [4.69, 9.17) is 14.2 Å². The minimum atomic E-state index is -1.07. The summed E-state index contributed by atoms with van der Waals surface area (Å²) in [7, 11) is 2.03. The van der Waals surface area contributed by atoms with Crippen molar-refractivity contribution in [1.82, 2.24) is 14.4 Å². The first kappa shape index (κ1) is 28.0. The van der Waals surface area contributed by atoms with Gasteiger partial charge in [-0.15, -0.1) is 0 Å². The average Bonchev–Trinajstić information content (AvgIpc) is 3.24. The summed E-state index contributed by atoms with van der Waals surface area (Å²) in [5.74, 6) is 1.34. The third-order valence-corrected chi connectivity index (χ3v) is 8.27. The lowest BCUT2D eigenvalue weighted by Gasteiger charge is -2.45. The van der Waals surface area contributed by atoms with Gasteiger partial charge in [0, 0.05) is 36.2 Å². The SMILES string of the molecule is Cc1cc2cc(OCC(=O)N3CCOC4(CCCCc5ccccc5OCCN(C(C)C)C4=O)C3)ccc2n1C. The van der Waals surface area contributed by atoms with Gasteiger partial charge in [0.2, 0.25) is 0 Å². The van der Waals surface area contributed by atoms with E-state index in [9.17, 15) is 9.59 Å². The predicted octanol–water partition coefficient (Wildman–Crippen LogP) is 4.51. The fourth-order valence-electron chi connectivity index (χ4n) is 5.86. The molecule has 3 aromatic rings. The second-order valence-corrected chi connectivity index (χ2v) is 11.3. The number of carbonyl (C=O) groups excluding carboxylic acids is 2. The number of benzene rings is 2. The lowest BCUT2D eigenvalue weighted by molar-refractivity contribution is -0.178. The van der Waals surface area contributed by atoms with Crippen molar-refractivity contribution in [2.75, 3.05) is 39.5 Å². The maximum atomic E-state index is 14.1. The molecule has 1 aromatic heterocycles. The van der Waals surface area contributed by atoms with Crippen molar-refractivity contribution >= 4 is 22.7 Å². The number of amides is 2. The Morgan fingerprint density at radius 3 is 2.73 bits per heavy atom. The van der Waals surface area contributed by atoms with Crippen molar-refractivity contribution in [2.45, 2.75) is 58.1 Å². The predicted molar refractivity (Wildman–Crippen MR) is 155 cm³/mol. The summed E-state index contributed by atoms with van der Waals surface area (Å²) in [6, 6.07) is 16.1. The molecule has 1 atom stereocenters. The molecule has 1 fully saturated rings. The number of carbonyl (C=O) groups is 2. The molecule has 40 heavy (non-hydrogen) atoms. The molecule has 2 aromatic carbocycles. The Hall–Kier alpha value is -3.52. The van der Waals surface area contributed by atoms with Crippen LogP contribution in [0.5, 0.6) is 11.5 Å². The van der Waals surface area contributed by atoms with E-state index in [0.29, 0.717) is 38.5 Å². The number of fused-ring (bicyclic) bond motifs is 2. The van der Waals surface area contributed by atoms with Gasteiger partial charge in [-0.2, -0.15) is 0 Å². The van der Waals surface area contributed by atoms with Crippen LogP contribution < -0.4 is 9.47 Å². The Kier molecular flexibility index (Phi) is 8.35. The number of aryl methyl sites for hydroxylation is 3. The molecule has 1 spiro atoms. The van der Waals surface area contributed by atoms with Crippen molar-refractivity contribution in [1.29, 1.82) is 0 Å². The van der Waals surface area contributed by atoms with Crippen LogP contribution in [0.15, 0.2) is 48.5 Å². The Morgan fingerprint density at radius 1 is 1.07 bits per heavy atom. The summed E-state index contributed by atoms with van der Waals surface area (Å²) in [6.07, 6.45) is 3.14. The van der Waals surface area contributed by atoms with E-state index in [1.165, 1.54) is 5.56 Å². The van der Waals surface area contributed by atoms with Gasteiger partial charge in [-0.3, -0.25) is 9.59 Å². The van der Waals surface area contributed by atoms with Crippen molar-refractivity contribution in [2.24, 2.45) is 7.05 Å². The van der Waals surface area contributed by atoms with Gasteiger partial charge in [-0.1, -0.05) is 18.2 Å². The summed E-state index contributed by atoms with van der Waals surface area (Å²) >= 11 is 0. The number of para-hydroxylation sites is 1. The molecular formula is C32H41N3O5. The van der Waals surface area contributed by atoms with Crippen LogP contribution in [-0.4, -0.2) is 77.3 Å². The number of hydrogen-bond acceptors (Lipinski definition) is 5. The number of hydrogen-bond donors (Lipinski definition) is 0. The van der Waals surface area contributed by atoms with Gasteiger partial charge in [-0.25, -0.2) is 0 Å². The molecule has 0 N–H and O–H groups in total. The van der Waals surface area contributed by atoms with E-state index >= 15 is 0 Å². The van der Waals surface area contributed by atoms with E-state index in [0.717, 1.165) is 41.6 Å². The first-order valence-corrected chi connectivity index (χ1v) is 14.4. The van der Waals surface area contributed by atoms with Crippen LogP contribution in [0.1, 0.15) is 44.4 Å². The lowest BCUT2D eigenvalue weighted by Crippen LogP contribution is -2.63.